The quantitative estimate of drug-likeness (QED) is 0.930. The van der Waals surface area contributed by atoms with Crippen molar-refractivity contribution in [2.24, 2.45) is 5.73 Å². The Morgan fingerprint density at radius 2 is 2.06 bits per heavy atom. The fourth-order valence-electron chi connectivity index (χ4n) is 1.54. The number of rotatable bonds is 3. The standard InChI is InChI=1S/C12H11Cl2N3/c13-9-1-2-10(14)8(5-9)6-11(15)12-7-16-3-4-17-12/h1-5,7,11H,6,15H2. The van der Waals surface area contributed by atoms with Gasteiger partial charge >= 0.3 is 0 Å². The first kappa shape index (κ1) is 12.3. The number of nitrogens with zero attached hydrogens (tertiary/aromatic N) is 2. The summed E-state index contributed by atoms with van der Waals surface area (Å²) in [4.78, 5) is 8.15. The van der Waals surface area contributed by atoms with Crippen molar-refractivity contribution in [2.45, 2.75) is 12.5 Å². The van der Waals surface area contributed by atoms with E-state index < -0.39 is 0 Å². The van der Waals surface area contributed by atoms with Gasteiger partial charge in [0.05, 0.1) is 11.7 Å². The van der Waals surface area contributed by atoms with Crippen LogP contribution in [0.5, 0.6) is 0 Å². The molecule has 88 valence electrons. The summed E-state index contributed by atoms with van der Waals surface area (Å²) in [6.07, 6.45) is 5.47. The molecule has 1 aromatic carbocycles. The van der Waals surface area contributed by atoms with Gasteiger partial charge in [0.15, 0.2) is 0 Å². The van der Waals surface area contributed by atoms with Crippen molar-refractivity contribution in [3.05, 3.63) is 58.1 Å². The Morgan fingerprint density at radius 1 is 1.24 bits per heavy atom. The molecule has 1 aromatic heterocycles. The van der Waals surface area contributed by atoms with Crippen molar-refractivity contribution in [3.63, 3.8) is 0 Å². The van der Waals surface area contributed by atoms with Crippen LogP contribution in [0.3, 0.4) is 0 Å². The van der Waals surface area contributed by atoms with Gasteiger partial charge in [0.2, 0.25) is 0 Å². The lowest BCUT2D eigenvalue weighted by Crippen LogP contribution is -2.15. The molecule has 1 heterocycles. The van der Waals surface area contributed by atoms with Crippen LogP contribution in [0.25, 0.3) is 0 Å². The Morgan fingerprint density at radius 3 is 2.76 bits per heavy atom. The van der Waals surface area contributed by atoms with E-state index in [9.17, 15) is 0 Å². The van der Waals surface area contributed by atoms with Crippen LogP contribution in [0.2, 0.25) is 10.0 Å². The van der Waals surface area contributed by atoms with E-state index in [0.29, 0.717) is 16.5 Å². The maximum absolute atomic E-state index is 6.08. The summed E-state index contributed by atoms with van der Waals surface area (Å²) < 4.78 is 0. The van der Waals surface area contributed by atoms with Gasteiger partial charge in [0.25, 0.3) is 0 Å². The average Bonchev–Trinajstić information content (AvgIpc) is 2.35. The highest BCUT2D eigenvalue weighted by Gasteiger charge is 2.11. The molecule has 0 fully saturated rings. The van der Waals surface area contributed by atoms with E-state index in [1.165, 1.54) is 0 Å². The van der Waals surface area contributed by atoms with Crippen LogP contribution >= 0.6 is 23.2 Å². The third-order valence-corrected chi connectivity index (χ3v) is 3.01. The molecule has 0 saturated carbocycles. The maximum atomic E-state index is 6.08. The van der Waals surface area contributed by atoms with Crippen LogP contribution in [0.1, 0.15) is 17.3 Å². The molecule has 0 aliphatic rings. The molecule has 0 saturated heterocycles. The zero-order valence-corrected chi connectivity index (χ0v) is 10.5. The Labute approximate surface area is 110 Å². The molecule has 2 aromatic rings. The van der Waals surface area contributed by atoms with Gasteiger partial charge in [-0.25, -0.2) is 0 Å². The minimum absolute atomic E-state index is 0.236. The SMILES string of the molecule is NC(Cc1cc(Cl)ccc1Cl)c1cnccn1. The van der Waals surface area contributed by atoms with Crippen LogP contribution in [-0.2, 0) is 6.42 Å². The molecular formula is C12H11Cl2N3. The molecule has 2 rings (SSSR count). The lowest BCUT2D eigenvalue weighted by Gasteiger charge is -2.11. The first-order valence-corrected chi connectivity index (χ1v) is 5.88. The molecule has 1 unspecified atom stereocenters. The number of aromatic nitrogens is 2. The van der Waals surface area contributed by atoms with Gasteiger partial charge in [0.1, 0.15) is 0 Å². The van der Waals surface area contributed by atoms with Crippen molar-refractivity contribution >= 4 is 23.2 Å². The molecule has 0 aliphatic carbocycles. The Kier molecular flexibility index (Phi) is 3.94. The molecule has 5 heteroatoms. The van der Waals surface area contributed by atoms with Crippen molar-refractivity contribution in [3.8, 4) is 0 Å². The lowest BCUT2D eigenvalue weighted by molar-refractivity contribution is 0.691. The normalized spacial score (nSPS) is 12.4. The molecular weight excluding hydrogens is 257 g/mol. The molecule has 3 nitrogen and oxygen atoms in total. The number of hydrogen-bond acceptors (Lipinski definition) is 3. The van der Waals surface area contributed by atoms with Crippen molar-refractivity contribution in [1.82, 2.24) is 9.97 Å². The van der Waals surface area contributed by atoms with Crippen LogP contribution in [0.4, 0.5) is 0 Å². The Bertz CT molecular complexity index is 502. The van der Waals surface area contributed by atoms with Crippen molar-refractivity contribution in [1.29, 1.82) is 0 Å². The number of halogens is 2. The Balaban J connectivity index is 2.18. The van der Waals surface area contributed by atoms with E-state index in [1.807, 2.05) is 6.07 Å². The average molecular weight is 268 g/mol. The maximum Gasteiger partial charge on any atom is 0.0757 e. The van der Waals surface area contributed by atoms with Crippen molar-refractivity contribution in [2.75, 3.05) is 0 Å². The van der Waals surface area contributed by atoms with Gasteiger partial charge in [-0.2, -0.15) is 0 Å². The smallest absolute Gasteiger partial charge is 0.0757 e. The van der Waals surface area contributed by atoms with Gasteiger partial charge in [-0.15, -0.1) is 0 Å². The molecule has 0 bridgehead atoms. The van der Waals surface area contributed by atoms with E-state index in [2.05, 4.69) is 9.97 Å². The van der Waals surface area contributed by atoms with Gasteiger partial charge in [0, 0.05) is 28.6 Å². The summed E-state index contributed by atoms with van der Waals surface area (Å²) >= 11 is 12.0. The summed E-state index contributed by atoms with van der Waals surface area (Å²) in [5, 5.41) is 1.31. The van der Waals surface area contributed by atoms with Crippen molar-refractivity contribution < 1.29 is 0 Å². The van der Waals surface area contributed by atoms with Gasteiger partial charge in [-0.1, -0.05) is 23.2 Å². The summed E-state index contributed by atoms with van der Waals surface area (Å²) in [6, 6.07) is 5.10. The second kappa shape index (κ2) is 5.45. The summed E-state index contributed by atoms with van der Waals surface area (Å²) in [6.45, 7) is 0. The monoisotopic (exact) mass is 267 g/mol. The van der Waals surface area contributed by atoms with E-state index in [-0.39, 0.29) is 6.04 Å². The van der Waals surface area contributed by atoms with Crippen LogP contribution < -0.4 is 5.73 Å². The predicted octanol–water partition coefficient (Wildman–Crippen LogP) is 3.03. The van der Waals surface area contributed by atoms with E-state index >= 15 is 0 Å². The van der Waals surface area contributed by atoms with Crippen LogP contribution in [-0.4, -0.2) is 9.97 Å². The highest BCUT2D eigenvalue weighted by atomic mass is 35.5. The molecule has 0 aliphatic heterocycles. The summed E-state index contributed by atoms with van der Waals surface area (Å²) in [5.74, 6) is 0. The second-order valence-corrected chi connectivity index (χ2v) is 4.52. The number of benzene rings is 1. The Hall–Kier alpha value is -1.16. The number of hydrogen-bond donors (Lipinski definition) is 1. The van der Waals surface area contributed by atoms with Crippen LogP contribution in [0.15, 0.2) is 36.8 Å². The fourth-order valence-corrected chi connectivity index (χ4v) is 1.93. The fraction of sp³-hybridized carbons (Fsp3) is 0.167. The molecule has 17 heavy (non-hydrogen) atoms. The highest BCUT2D eigenvalue weighted by molar-refractivity contribution is 6.33. The first-order valence-electron chi connectivity index (χ1n) is 5.12. The third-order valence-electron chi connectivity index (χ3n) is 2.41. The molecule has 0 radical (unpaired) electrons. The predicted molar refractivity (Wildman–Crippen MR) is 69.1 cm³/mol. The molecule has 1 atom stereocenters. The van der Waals surface area contributed by atoms with Gasteiger partial charge in [-0.3, -0.25) is 9.97 Å². The summed E-state index contributed by atoms with van der Waals surface area (Å²) in [7, 11) is 0. The van der Waals surface area contributed by atoms with Crippen LogP contribution in [0, 0.1) is 0 Å². The van der Waals surface area contributed by atoms with E-state index in [1.54, 1.807) is 30.7 Å². The minimum Gasteiger partial charge on any atom is -0.322 e. The van der Waals surface area contributed by atoms with E-state index in [4.69, 9.17) is 28.9 Å². The molecule has 2 N–H and O–H groups in total. The topological polar surface area (TPSA) is 51.8 Å². The molecule has 0 amide bonds. The zero-order valence-electron chi connectivity index (χ0n) is 8.98. The van der Waals surface area contributed by atoms with Gasteiger partial charge in [-0.05, 0) is 30.2 Å². The largest absolute Gasteiger partial charge is 0.322 e. The van der Waals surface area contributed by atoms with E-state index in [0.717, 1.165) is 11.3 Å². The second-order valence-electron chi connectivity index (χ2n) is 3.68. The highest BCUT2D eigenvalue weighted by Crippen LogP contribution is 2.24. The lowest BCUT2D eigenvalue weighted by atomic mass is 10.0. The molecule has 0 spiro atoms. The minimum atomic E-state index is -0.236. The number of nitrogens with two attached hydrogens (primary N) is 1. The first-order chi connectivity index (χ1) is 8.16. The zero-order chi connectivity index (χ0) is 12.3. The summed E-state index contributed by atoms with van der Waals surface area (Å²) in [5.41, 5.74) is 7.70. The third kappa shape index (κ3) is 3.16. The van der Waals surface area contributed by atoms with Gasteiger partial charge < -0.3 is 5.73 Å².